The Kier molecular flexibility index (Phi) is 7.31. The van der Waals surface area contributed by atoms with Gasteiger partial charge >= 0.3 is 0 Å². The summed E-state index contributed by atoms with van der Waals surface area (Å²) in [5.41, 5.74) is 19.9. The normalized spacial score (nSPS) is 12.6. The minimum Gasteiger partial charge on any atom is -0.315 e. The Hall–Kier alpha value is -6.72. The summed E-state index contributed by atoms with van der Waals surface area (Å²) in [6, 6.07) is 62.5. The highest BCUT2D eigenvalue weighted by atomic mass is 15.2. The van der Waals surface area contributed by atoms with Gasteiger partial charge in [0.15, 0.2) is 0 Å². The molecule has 11 rings (SSSR count). The molecule has 2 aromatic heterocycles. The van der Waals surface area contributed by atoms with Crippen molar-refractivity contribution < 1.29 is 0 Å². The molecule has 0 aliphatic carbocycles. The van der Waals surface area contributed by atoms with Gasteiger partial charge in [0.05, 0.1) is 22.4 Å². The van der Waals surface area contributed by atoms with Crippen molar-refractivity contribution in [1.29, 1.82) is 0 Å². The lowest BCUT2D eigenvalue weighted by atomic mass is 9.34. The quantitative estimate of drug-likeness (QED) is 0.158. The topological polar surface area (TPSA) is 16.3 Å². The summed E-state index contributed by atoms with van der Waals surface area (Å²) in [7, 11) is 0. The van der Waals surface area contributed by atoms with E-state index in [-0.39, 0.29) is 12.1 Å². The van der Waals surface area contributed by atoms with Gasteiger partial charge in [-0.2, -0.15) is 0 Å². The Labute approximate surface area is 334 Å². The van der Waals surface area contributed by atoms with Crippen molar-refractivity contribution in [2.75, 3.05) is 9.80 Å². The molecular formula is C52H43BN4. The molecule has 7 aromatic carbocycles. The highest BCUT2D eigenvalue weighted by Gasteiger charge is 2.42. The maximum Gasteiger partial charge on any atom is 0.252 e. The Bertz CT molecular complexity index is 2740. The Morgan fingerprint density at radius 3 is 1.12 bits per heavy atom. The first-order valence-corrected chi connectivity index (χ1v) is 20.1. The Morgan fingerprint density at radius 2 is 0.789 bits per heavy atom. The maximum absolute atomic E-state index is 2.56. The minimum atomic E-state index is -0.0551. The second-order valence-electron chi connectivity index (χ2n) is 16.7. The van der Waals surface area contributed by atoms with Gasteiger partial charge in [0.2, 0.25) is 0 Å². The van der Waals surface area contributed by atoms with Gasteiger partial charge in [0.25, 0.3) is 6.71 Å². The maximum atomic E-state index is 2.56. The predicted octanol–water partition coefficient (Wildman–Crippen LogP) is 11.6. The molecule has 57 heavy (non-hydrogen) atoms. The second-order valence-corrected chi connectivity index (χ2v) is 16.7. The number of para-hydroxylation sites is 4. The van der Waals surface area contributed by atoms with Crippen molar-refractivity contribution in [3.05, 3.63) is 187 Å². The molecule has 0 N–H and O–H groups in total. The molecule has 0 unspecified atom stereocenters. The summed E-state index contributed by atoms with van der Waals surface area (Å²) in [6.07, 6.45) is 0. The first-order chi connectivity index (χ1) is 27.8. The third-order valence-electron chi connectivity index (χ3n) is 12.2. The van der Waals surface area contributed by atoms with Gasteiger partial charge in [-0.25, -0.2) is 0 Å². The van der Waals surface area contributed by atoms with Gasteiger partial charge in [-0.3, -0.25) is 0 Å². The second kappa shape index (κ2) is 12.4. The first-order valence-electron chi connectivity index (χ1n) is 20.1. The number of rotatable bonds is 6. The van der Waals surface area contributed by atoms with Crippen molar-refractivity contribution in [3.8, 4) is 11.4 Å². The average molecular weight is 735 g/mol. The van der Waals surface area contributed by atoms with Gasteiger partial charge in [-0.05, 0) is 126 Å². The predicted molar refractivity (Wildman–Crippen MR) is 242 cm³/mol. The lowest BCUT2D eigenvalue weighted by Gasteiger charge is -2.37. The number of aromatic nitrogens is 2. The van der Waals surface area contributed by atoms with Gasteiger partial charge in [0.1, 0.15) is 0 Å². The summed E-state index contributed by atoms with van der Waals surface area (Å²) >= 11 is 0. The summed E-state index contributed by atoms with van der Waals surface area (Å²) in [5.74, 6) is 0. The summed E-state index contributed by atoms with van der Waals surface area (Å²) in [4.78, 5) is 4.83. The standard InChI is InChI=1S/C52H43BN4/c1-34-30-41-45(56(37-18-10-6-11-19-37)38-20-12-7-13-21-38)28-26-43-50(41)54(34)47-32-36(52(3,4)5)33-48-49(47)53(43)44-27-29-46(42-31-35(2)55(48)51(42)44)57(39-22-14-8-15-23-39)40-24-16-9-17-25-40/h6-33H,1-5H3. The molecule has 9 aromatic rings. The molecule has 5 heteroatoms. The van der Waals surface area contributed by atoms with E-state index in [1.807, 2.05) is 0 Å². The highest BCUT2D eigenvalue weighted by molar-refractivity contribution is 7.00. The van der Waals surface area contributed by atoms with E-state index in [0.29, 0.717) is 0 Å². The molecular weight excluding hydrogens is 691 g/mol. The van der Waals surface area contributed by atoms with Gasteiger partial charge in [-0.1, -0.05) is 106 Å². The third kappa shape index (κ3) is 4.94. The van der Waals surface area contributed by atoms with E-state index in [1.165, 1.54) is 77.9 Å². The molecule has 2 aliphatic rings. The molecule has 2 aliphatic heterocycles. The third-order valence-corrected chi connectivity index (χ3v) is 12.2. The van der Waals surface area contributed by atoms with Crippen LogP contribution in [0.25, 0.3) is 33.2 Å². The van der Waals surface area contributed by atoms with Crippen LogP contribution >= 0.6 is 0 Å². The van der Waals surface area contributed by atoms with Crippen molar-refractivity contribution >= 4 is 79.0 Å². The zero-order valence-corrected chi connectivity index (χ0v) is 33.0. The SMILES string of the molecule is Cc1cc2c(N(c3ccccc3)c3ccccc3)ccc3c2n1-c1cc(C(C)(C)C)cc2c1B3c1ccc(N(c3ccccc3)c3ccccc3)c3cc(C)n-2c13. The van der Waals surface area contributed by atoms with Crippen LogP contribution < -0.4 is 26.2 Å². The van der Waals surface area contributed by atoms with Crippen LogP contribution in [-0.2, 0) is 5.41 Å². The van der Waals surface area contributed by atoms with Crippen LogP contribution in [0.5, 0.6) is 0 Å². The van der Waals surface area contributed by atoms with E-state index >= 15 is 0 Å². The summed E-state index contributed by atoms with van der Waals surface area (Å²) < 4.78 is 5.13. The van der Waals surface area contributed by atoms with Crippen LogP contribution in [0, 0.1) is 13.8 Å². The van der Waals surface area contributed by atoms with E-state index in [2.05, 4.69) is 223 Å². The van der Waals surface area contributed by atoms with Gasteiger partial charge in [-0.15, -0.1) is 0 Å². The average Bonchev–Trinajstić information content (AvgIpc) is 3.77. The van der Waals surface area contributed by atoms with Crippen molar-refractivity contribution in [2.24, 2.45) is 0 Å². The number of benzene rings is 7. The largest absolute Gasteiger partial charge is 0.315 e. The van der Waals surface area contributed by atoms with Crippen molar-refractivity contribution in [2.45, 2.75) is 40.0 Å². The van der Waals surface area contributed by atoms with E-state index in [4.69, 9.17) is 0 Å². The Morgan fingerprint density at radius 1 is 0.439 bits per heavy atom. The van der Waals surface area contributed by atoms with Crippen molar-refractivity contribution in [3.63, 3.8) is 0 Å². The number of hydrogen-bond donors (Lipinski definition) is 0. The highest BCUT2D eigenvalue weighted by Crippen LogP contribution is 2.45. The fourth-order valence-corrected chi connectivity index (χ4v) is 9.75. The molecule has 274 valence electrons. The molecule has 0 radical (unpaired) electrons. The molecule has 0 spiro atoms. The fraction of sp³-hybridized carbons (Fsp3) is 0.115. The van der Waals surface area contributed by atoms with E-state index in [9.17, 15) is 0 Å². The lowest BCUT2D eigenvalue weighted by molar-refractivity contribution is 0.589. The van der Waals surface area contributed by atoms with Crippen LogP contribution in [0.15, 0.2) is 170 Å². The van der Waals surface area contributed by atoms with E-state index in [0.717, 1.165) is 22.7 Å². The molecule has 0 fully saturated rings. The molecule has 0 atom stereocenters. The molecule has 0 saturated heterocycles. The van der Waals surface area contributed by atoms with Gasteiger partial charge in [0, 0.05) is 56.3 Å². The van der Waals surface area contributed by atoms with Crippen LogP contribution in [0.4, 0.5) is 34.1 Å². The summed E-state index contributed by atoms with van der Waals surface area (Å²) in [5, 5.41) is 2.52. The molecule has 0 bridgehead atoms. The number of hydrogen-bond acceptors (Lipinski definition) is 2. The molecule has 0 saturated carbocycles. The molecule has 4 heterocycles. The number of fused-ring (bicyclic) bond motifs is 4. The fourth-order valence-electron chi connectivity index (χ4n) is 9.75. The molecule has 0 amide bonds. The minimum absolute atomic E-state index is 0.0551. The first kappa shape index (κ1) is 33.6. The summed E-state index contributed by atoms with van der Waals surface area (Å²) in [6.45, 7) is 11.6. The lowest BCUT2D eigenvalue weighted by Crippen LogP contribution is -2.59. The number of anilines is 6. The zero-order chi connectivity index (χ0) is 38.6. The zero-order valence-electron chi connectivity index (χ0n) is 33.0. The van der Waals surface area contributed by atoms with Crippen LogP contribution in [0.2, 0.25) is 0 Å². The van der Waals surface area contributed by atoms with Crippen LogP contribution in [0.3, 0.4) is 0 Å². The number of nitrogens with zero attached hydrogens (tertiary/aromatic N) is 4. The molecule has 4 nitrogen and oxygen atoms in total. The van der Waals surface area contributed by atoms with Gasteiger partial charge < -0.3 is 18.9 Å². The van der Waals surface area contributed by atoms with E-state index < -0.39 is 0 Å². The number of aryl methyl sites for hydroxylation is 2. The smallest absolute Gasteiger partial charge is 0.252 e. The van der Waals surface area contributed by atoms with Crippen LogP contribution in [-0.4, -0.2) is 15.8 Å². The van der Waals surface area contributed by atoms with Crippen LogP contribution in [0.1, 0.15) is 37.7 Å². The van der Waals surface area contributed by atoms with Crippen molar-refractivity contribution in [1.82, 2.24) is 9.13 Å². The monoisotopic (exact) mass is 734 g/mol. The Balaban J connectivity index is 1.22. The van der Waals surface area contributed by atoms with E-state index in [1.54, 1.807) is 0 Å².